The normalized spacial score (nSPS) is 11.2. The van der Waals surface area contributed by atoms with Gasteiger partial charge in [0.05, 0.1) is 0 Å². The number of carbonyl (C=O) groups is 2. The van der Waals surface area contributed by atoms with Crippen LogP contribution in [0.5, 0.6) is 0 Å². The van der Waals surface area contributed by atoms with Crippen molar-refractivity contribution in [1.82, 2.24) is 10.2 Å². The number of nitrogens with one attached hydrogen (secondary N) is 1. The fraction of sp³-hybridized carbons (Fsp3) is 0.429. The monoisotopic (exact) mass is 299 g/mol. The maximum atomic E-state index is 11.7. The molecule has 0 saturated carbocycles. The number of halogens is 1. The van der Waals surface area contributed by atoms with E-state index in [0.717, 1.165) is 5.56 Å². The smallest absolute Gasteiger partial charge is 0.253 e. The lowest BCUT2D eigenvalue weighted by Gasteiger charge is -2.12. The first kappa shape index (κ1) is 18.4. The minimum Gasteiger partial charge on any atom is -0.352 e. The minimum atomic E-state index is -0.186. The Morgan fingerprint density at radius 3 is 2.25 bits per heavy atom. The number of rotatable bonds is 5. The zero-order valence-electron chi connectivity index (χ0n) is 12.1. The lowest BCUT2D eigenvalue weighted by Crippen LogP contribution is -2.32. The third-order valence-corrected chi connectivity index (χ3v) is 2.87. The van der Waals surface area contributed by atoms with E-state index in [1.165, 1.54) is 4.90 Å². The van der Waals surface area contributed by atoms with Gasteiger partial charge in [0.1, 0.15) is 0 Å². The number of nitrogens with zero attached hydrogens (tertiary/aromatic N) is 1. The molecule has 1 rings (SSSR count). The second-order valence-electron chi connectivity index (χ2n) is 4.75. The van der Waals surface area contributed by atoms with Crippen LogP contribution in [0.25, 0.3) is 0 Å². The number of amides is 2. The number of hydrogen-bond acceptors (Lipinski definition) is 3. The summed E-state index contributed by atoms with van der Waals surface area (Å²) in [6.07, 6.45) is 0. The van der Waals surface area contributed by atoms with Gasteiger partial charge in [0.25, 0.3) is 5.91 Å². The van der Waals surface area contributed by atoms with Gasteiger partial charge in [0, 0.05) is 38.7 Å². The van der Waals surface area contributed by atoms with Crippen molar-refractivity contribution in [3.05, 3.63) is 35.4 Å². The molecule has 0 aromatic heterocycles. The molecular formula is C14H22ClN3O2. The Bertz CT molecular complexity index is 446. The molecule has 1 unspecified atom stereocenters. The highest BCUT2D eigenvalue weighted by atomic mass is 35.5. The second-order valence-corrected chi connectivity index (χ2v) is 4.75. The minimum absolute atomic E-state index is 0. The summed E-state index contributed by atoms with van der Waals surface area (Å²) in [5.74, 6) is -0.280. The molecule has 0 aliphatic heterocycles. The van der Waals surface area contributed by atoms with E-state index in [-0.39, 0.29) is 30.1 Å². The summed E-state index contributed by atoms with van der Waals surface area (Å²) in [4.78, 5) is 24.8. The summed E-state index contributed by atoms with van der Waals surface area (Å²) in [5, 5.41) is 2.81. The summed E-state index contributed by atoms with van der Waals surface area (Å²) in [7, 11) is 3.43. The zero-order valence-corrected chi connectivity index (χ0v) is 12.9. The lowest BCUT2D eigenvalue weighted by molar-refractivity contribution is -0.124. The maximum absolute atomic E-state index is 11.7. The zero-order chi connectivity index (χ0) is 14.4. The van der Waals surface area contributed by atoms with Crippen LogP contribution in [-0.2, 0) is 11.3 Å². The maximum Gasteiger partial charge on any atom is 0.253 e. The number of hydrogen-bond donors (Lipinski definition) is 2. The van der Waals surface area contributed by atoms with Crippen LogP contribution in [-0.4, -0.2) is 37.4 Å². The Labute approximate surface area is 125 Å². The van der Waals surface area contributed by atoms with Gasteiger partial charge in [0.2, 0.25) is 5.91 Å². The van der Waals surface area contributed by atoms with Crippen LogP contribution in [0.2, 0.25) is 0 Å². The van der Waals surface area contributed by atoms with E-state index in [2.05, 4.69) is 5.32 Å². The first-order chi connectivity index (χ1) is 8.95. The highest BCUT2D eigenvalue weighted by Gasteiger charge is 2.10. The molecular weight excluding hydrogens is 278 g/mol. The first-order valence-corrected chi connectivity index (χ1v) is 6.24. The van der Waals surface area contributed by atoms with Crippen molar-refractivity contribution in [3.63, 3.8) is 0 Å². The predicted molar refractivity (Wildman–Crippen MR) is 81.8 cm³/mol. The van der Waals surface area contributed by atoms with E-state index in [1.54, 1.807) is 33.2 Å². The standard InChI is InChI=1S/C14H21N3O2.ClH/c1-10(8-15)13(18)16-9-11-4-6-12(7-5-11)14(19)17(2)3;/h4-7,10H,8-9,15H2,1-3H3,(H,16,18);1H. The fourth-order valence-corrected chi connectivity index (χ4v) is 1.49. The quantitative estimate of drug-likeness (QED) is 0.852. The van der Waals surface area contributed by atoms with Gasteiger partial charge in [-0.25, -0.2) is 0 Å². The van der Waals surface area contributed by atoms with Crippen LogP contribution in [0.15, 0.2) is 24.3 Å². The fourth-order valence-electron chi connectivity index (χ4n) is 1.49. The van der Waals surface area contributed by atoms with Crippen molar-refractivity contribution in [2.24, 2.45) is 11.7 Å². The molecule has 1 aromatic carbocycles. The molecule has 6 heteroatoms. The highest BCUT2D eigenvalue weighted by Crippen LogP contribution is 2.06. The SMILES string of the molecule is CC(CN)C(=O)NCc1ccc(C(=O)N(C)C)cc1.Cl. The number of carbonyl (C=O) groups excluding carboxylic acids is 2. The molecule has 112 valence electrons. The van der Waals surface area contributed by atoms with Crippen molar-refractivity contribution in [1.29, 1.82) is 0 Å². The van der Waals surface area contributed by atoms with Gasteiger partial charge in [-0.05, 0) is 17.7 Å². The van der Waals surface area contributed by atoms with Gasteiger partial charge in [-0.2, -0.15) is 0 Å². The third kappa shape index (κ3) is 5.19. The van der Waals surface area contributed by atoms with Gasteiger partial charge in [0.15, 0.2) is 0 Å². The average molecular weight is 300 g/mol. The van der Waals surface area contributed by atoms with Gasteiger partial charge >= 0.3 is 0 Å². The Hall–Kier alpha value is -1.59. The molecule has 2 amide bonds. The first-order valence-electron chi connectivity index (χ1n) is 6.24. The highest BCUT2D eigenvalue weighted by molar-refractivity contribution is 5.93. The summed E-state index contributed by atoms with van der Waals surface area (Å²) >= 11 is 0. The van der Waals surface area contributed by atoms with Crippen LogP contribution in [0, 0.1) is 5.92 Å². The second kappa shape index (κ2) is 8.55. The molecule has 5 nitrogen and oxygen atoms in total. The molecule has 0 saturated heterocycles. The molecule has 0 radical (unpaired) electrons. The van der Waals surface area contributed by atoms with Crippen LogP contribution in [0.1, 0.15) is 22.8 Å². The van der Waals surface area contributed by atoms with E-state index in [0.29, 0.717) is 18.7 Å². The largest absolute Gasteiger partial charge is 0.352 e. The molecule has 0 fully saturated rings. The van der Waals surface area contributed by atoms with Crippen LogP contribution in [0.4, 0.5) is 0 Å². The molecule has 3 N–H and O–H groups in total. The molecule has 0 aliphatic carbocycles. The topological polar surface area (TPSA) is 75.4 Å². The van der Waals surface area contributed by atoms with Crippen LogP contribution < -0.4 is 11.1 Å². The van der Waals surface area contributed by atoms with E-state index < -0.39 is 0 Å². The Morgan fingerprint density at radius 1 is 1.25 bits per heavy atom. The predicted octanol–water partition coefficient (Wildman–Crippen LogP) is 1.02. The molecule has 1 atom stereocenters. The summed E-state index contributed by atoms with van der Waals surface area (Å²) in [6.45, 7) is 2.57. The molecule has 0 spiro atoms. The van der Waals surface area contributed by atoms with Crippen molar-refractivity contribution >= 4 is 24.2 Å². The lowest BCUT2D eigenvalue weighted by atomic mass is 10.1. The van der Waals surface area contributed by atoms with E-state index in [4.69, 9.17) is 5.73 Å². The van der Waals surface area contributed by atoms with E-state index in [9.17, 15) is 9.59 Å². The number of nitrogens with two attached hydrogens (primary N) is 1. The van der Waals surface area contributed by atoms with Gasteiger partial charge in [-0.3, -0.25) is 9.59 Å². The molecule has 0 bridgehead atoms. The Kier molecular flexibility index (Phi) is 7.87. The van der Waals surface area contributed by atoms with Crippen molar-refractivity contribution in [3.8, 4) is 0 Å². The summed E-state index contributed by atoms with van der Waals surface area (Å²) in [6, 6.07) is 7.20. The van der Waals surface area contributed by atoms with Gasteiger partial charge in [-0.1, -0.05) is 19.1 Å². The average Bonchev–Trinajstić information content (AvgIpc) is 2.43. The Morgan fingerprint density at radius 2 is 1.80 bits per heavy atom. The third-order valence-electron chi connectivity index (χ3n) is 2.87. The summed E-state index contributed by atoms with van der Waals surface area (Å²) in [5.41, 5.74) is 7.01. The van der Waals surface area contributed by atoms with E-state index >= 15 is 0 Å². The molecule has 1 aromatic rings. The van der Waals surface area contributed by atoms with Crippen molar-refractivity contribution in [2.45, 2.75) is 13.5 Å². The summed E-state index contributed by atoms with van der Waals surface area (Å²) < 4.78 is 0. The van der Waals surface area contributed by atoms with E-state index in [1.807, 2.05) is 12.1 Å². The van der Waals surface area contributed by atoms with Gasteiger partial charge in [-0.15, -0.1) is 12.4 Å². The molecule has 0 heterocycles. The van der Waals surface area contributed by atoms with Gasteiger partial charge < -0.3 is 16.0 Å². The number of benzene rings is 1. The van der Waals surface area contributed by atoms with Crippen LogP contribution in [0.3, 0.4) is 0 Å². The Balaban J connectivity index is 0.00000361. The van der Waals surface area contributed by atoms with Crippen molar-refractivity contribution < 1.29 is 9.59 Å². The molecule has 20 heavy (non-hydrogen) atoms. The molecule has 0 aliphatic rings. The van der Waals surface area contributed by atoms with Crippen LogP contribution >= 0.6 is 12.4 Å². The van der Waals surface area contributed by atoms with Crippen molar-refractivity contribution in [2.75, 3.05) is 20.6 Å².